The Labute approximate surface area is 476 Å². The van der Waals surface area contributed by atoms with Gasteiger partial charge < -0.3 is 35.8 Å². The molecule has 0 saturated carbocycles. The number of anilines is 3. The molecule has 2 aromatic carbocycles. The second-order valence-corrected chi connectivity index (χ2v) is 25.7. The van der Waals surface area contributed by atoms with Gasteiger partial charge in [0.2, 0.25) is 20.0 Å². The van der Waals surface area contributed by atoms with Crippen LogP contribution in [-0.2, 0) is 24.8 Å². The Morgan fingerprint density at radius 2 is 1.16 bits per heavy atom. The molecule has 0 radical (unpaired) electrons. The summed E-state index contributed by atoms with van der Waals surface area (Å²) in [6.07, 6.45) is 6.83. The fourth-order valence-electron chi connectivity index (χ4n) is 9.52. The van der Waals surface area contributed by atoms with Crippen molar-refractivity contribution in [3.05, 3.63) is 110 Å². The average Bonchev–Trinajstić information content (AvgIpc) is 4.13. The second kappa shape index (κ2) is 24.8. The number of aromatic nitrogens is 6. The van der Waals surface area contributed by atoms with Crippen molar-refractivity contribution in [2.75, 3.05) is 66.1 Å². The van der Waals surface area contributed by atoms with Crippen molar-refractivity contribution in [3.8, 4) is 0 Å². The van der Waals surface area contributed by atoms with E-state index in [1.807, 2.05) is 52.8 Å². The number of hydrogen-bond acceptors (Lipinski definition) is 15. The van der Waals surface area contributed by atoms with Gasteiger partial charge in [-0.25, -0.2) is 40.6 Å². The Hall–Kier alpha value is -6.02. The fourth-order valence-corrected chi connectivity index (χ4v) is 11.3. The predicted molar refractivity (Wildman–Crippen MR) is 308 cm³/mol. The normalized spacial score (nSPS) is 18.0. The minimum absolute atomic E-state index is 0. The van der Waals surface area contributed by atoms with E-state index in [0.29, 0.717) is 39.6 Å². The molecule has 8 heterocycles. The summed E-state index contributed by atoms with van der Waals surface area (Å²) >= 11 is 18.4. The van der Waals surface area contributed by atoms with E-state index >= 15 is 0 Å². The number of rotatable bonds is 10. The molecule has 4 fully saturated rings. The van der Waals surface area contributed by atoms with Gasteiger partial charge in [0.05, 0.1) is 64.5 Å². The molecule has 0 spiro atoms. The van der Waals surface area contributed by atoms with E-state index in [0.717, 1.165) is 106 Å². The highest BCUT2D eigenvalue weighted by Crippen LogP contribution is 2.36. The highest BCUT2D eigenvalue weighted by Gasteiger charge is 2.35. The van der Waals surface area contributed by atoms with Crippen LogP contribution in [0.1, 0.15) is 122 Å². The molecule has 0 bridgehead atoms. The Morgan fingerprint density at radius 1 is 0.696 bits per heavy atom. The quantitative estimate of drug-likeness (QED) is 0.0820. The maximum atomic E-state index is 13.7. The van der Waals surface area contributed by atoms with Crippen molar-refractivity contribution in [1.82, 2.24) is 49.6 Å². The molecule has 79 heavy (non-hydrogen) atoms. The molecule has 6 aromatic rings. The predicted octanol–water partition coefficient (Wildman–Crippen LogP) is 7.78. The van der Waals surface area contributed by atoms with Crippen LogP contribution in [0.4, 0.5) is 22.0 Å². The Bertz CT molecular complexity index is 3460. The standard InChI is InChI=1S/C23H28ClN7O3S.C20H21Cl2N5O3S.C8H16N2O2.CH4/c1-14-9-21(29-12-16(25)13-29)26-22-11-19(27-31(14)22)20-5-3-4-8-30(20)23(32)17-10-15(24)6-7-18(17)28-35(2,33)34;1-12-9-18(22)23-19-11-16(24-27(12)19)17-5-3-4-8-26(17)20(28)14-10-13(21)6-7-15(14)25-31(2,29)30;1-8(2,3)12-7(11)10-6-4-9-5-6;/h6-7,9-11,16,20,28H,3-5,8,12-13,25H2,1-2H3;6-7,9-11,17,25H,3-5,8H2,1-2H3;6,9H,4-5H2,1-3H3,(H,10,11);1H4/t20-;17-;;/m00../s1. The van der Waals surface area contributed by atoms with E-state index in [1.165, 1.54) is 24.3 Å². The van der Waals surface area contributed by atoms with Crippen LogP contribution in [0.15, 0.2) is 60.7 Å². The number of halogens is 3. The highest BCUT2D eigenvalue weighted by atomic mass is 35.5. The number of nitrogens with zero attached hydrogens (tertiary/aromatic N) is 9. The van der Waals surface area contributed by atoms with Crippen LogP contribution >= 0.6 is 34.8 Å². The summed E-state index contributed by atoms with van der Waals surface area (Å²) in [7, 11) is -7.15. The van der Waals surface area contributed by atoms with E-state index in [2.05, 4.69) is 35.1 Å². The monoisotopic (exact) mass is 1190 g/mol. The summed E-state index contributed by atoms with van der Waals surface area (Å²) in [4.78, 5) is 53.1. The number of alkyl carbamates (subject to hydrolysis) is 1. The average molecular weight is 1190 g/mol. The van der Waals surface area contributed by atoms with Gasteiger partial charge in [0, 0.05) is 84.9 Å². The second-order valence-electron chi connectivity index (χ2n) is 21.0. The molecular formula is C52H69Cl3N14O8S2. The van der Waals surface area contributed by atoms with Crippen molar-refractivity contribution in [2.45, 2.75) is 110 Å². The smallest absolute Gasteiger partial charge is 0.407 e. The molecule has 0 unspecified atom stereocenters. The number of benzene rings is 2. The number of amides is 3. The van der Waals surface area contributed by atoms with Gasteiger partial charge in [0.15, 0.2) is 11.3 Å². The van der Waals surface area contributed by atoms with E-state index in [4.69, 9.17) is 55.4 Å². The number of likely N-dealkylation sites (tertiary alicyclic amines) is 2. The minimum Gasteiger partial charge on any atom is -0.444 e. The lowest BCUT2D eigenvalue weighted by Gasteiger charge is -2.37. The van der Waals surface area contributed by atoms with Crippen molar-refractivity contribution >= 4 is 101 Å². The van der Waals surface area contributed by atoms with Crippen LogP contribution in [0.3, 0.4) is 0 Å². The highest BCUT2D eigenvalue weighted by molar-refractivity contribution is 7.92. The molecule has 3 amide bonds. The number of fused-ring (bicyclic) bond motifs is 2. The summed E-state index contributed by atoms with van der Waals surface area (Å²) in [5, 5.41) is 16.4. The fraction of sp³-hybridized carbons (Fsp3) is 0.481. The van der Waals surface area contributed by atoms with Gasteiger partial charge in [0.25, 0.3) is 11.8 Å². The lowest BCUT2D eigenvalue weighted by Crippen LogP contribution is -2.57. The van der Waals surface area contributed by atoms with Gasteiger partial charge in [-0.15, -0.1) is 0 Å². The van der Waals surface area contributed by atoms with Crippen molar-refractivity contribution < 1.29 is 36.0 Å². The summed E-state index contributed by atoms with van der Waals surface area (Å²) in [6, 6.07) is 16.5. The molecule has 27 heteroatoms. The van der Waals surface area contributed by atoms with Gasteiger partial charge >= 0.3 is 6.09 Å². The molecule has 6 N–H and O–H groups in total. The van der Waals surface area contributed by atoms with Crippen LogP contribution < -0.4 is 30.7 Å². The molecule has 10 rings (SSSR count). The summed E-state index contributed by atoms with van der Waals surface area (Å²) in [6.45, 7) is 13.7. The minimum atomic E-state index is -3.58. The van der Waals surface area contributed by atoms with Gasteiger partial charge in [-0.3, -0.25) is 19.0 Å². The van der Waals surface area contributed by atoms with Gasteiger partial charge in [-0.2, -0.15) is 10.2 Å². The zero-order valence-electron chi connectivity index (χ0n) is 44.4. The van der Waals surface area contributed by atoms with E-state index in [-0.39, 0.29) is 72.0 Å². The van der Waals surface area contributed by atoms with E-state index in [9.17, 15) is 31.2 Å². The number of carbonyl (C=O) groups is 3. The molecule has 4 aliphatic rings. The molecule has 22 nitrogen and oxygen atoms in total. The zero-order valence-corrected chi connectivity index (χ0v) is 48.3. The summed E-state index contributed by atoms with van der Waals surface area (Å²) in [5.41, 5.74) is 10.9. The summed E-state index contributed by atoms with van der Waals surface area (Å²) in [5.74, 6) is 0.272. The third kappa shape index (κ3) is 15.5. The van der Waals surface area contributed by atoms with Gasteiger partial charge in [-0.1, -0.05) is 42.2 Å². The Balaban J connectivity index is 0.000000188. The first-order chi connectivity index (χ1) is 36.7. The molecular weight excluding hydrogens is 1120 g/mol. The lowest BCUT2D eigenvalue weighted by atomic mass is 9.98. The molecule has 4 saturated heterocycles. The van der Waals surface area contributed by atoms with Gasteiger partial charge in [0.1, 0.15) is 16.6 Å². The largest absolute Gasteiger partial charge is 0.444 e. The van der Waals surface area contributed by atoms with Crippen molar-refractivity contribution in [2.24, 2.45) is 5.73 Å². The Morgan fingerprint density at radius 3 is 1.59 bits per heavy atom. The number of sulfonamides is 2. The number of ether oxygens (including phenoxy) is 1. The number of hydrogen-bond donors (Lipinski definition) is 5. The molecule has 0 aliphatic carbocycles. The number of nitrogens with one attached hydrogen (secondary N) is 4. The van der Waals surface area contributed by atoms with Crippen LogP contribution in [-0.4, -0.2) is 143 Å². The Kier molecular flexibility index (Phi) is 19.0. The molecule has 4 aromatic heterocycles. The van der Waals surface area contributed by atoms with E-state index < -0.39 is 25.6 Å². The summed E-state index contributed by atoms with van der Waals surface area (Å²) < 4.78 is 60.7. The number of nitrogens with two attached hydrogens (primary N) is 1. The first-order valence-corrected chi connectivity index (χ1v) is 30.4. The van der Waals surface area contributed by atoms with Crippen LogP contribution in [0.2, 0.25) is 15.2 Å². The third-order valence-electron chi connectivity index (χ3n) is 13.2. The first-order valence-electron chi connectivity index (χ1n) is 25.5. The third-order valence-corrected chi connectivity index (χ3v) is 15.0. The van der Waals surface area contributed by atoms with Crippen LogP contribution in [0.5, 0.6) is 0 Å². The van der Waals surface area contributed by atoms with Gasteiger partial charge in [-0.05, 0) is 116 Å². The maximum Gasteiger partial charge on any atom is 0.407 e. The topological polar surface area (TPSA) is 273 Å². The molecule has 428 valence electrons. The first kappa shape index (κ1) is 60.6. The number of piperidine rings is 2. The lowest BCUT2D eigenvalue weighted by molar-refractivity contribution is 0.0487. The SMILES string of the molecule is C.CC(C)(C)OC(=O)NC1CNC1.Cc1cc(Cl)nc2cc([C@@H]3CCCCN3C(=O)c3cc(Cl)ccc3NS(C)(=O)=O)nn12.Cc1cc(N2CC(N)C2)nc2cc([C@@H]3CCCCN3C(=O)c3cc(Cl)ccc3NS(C)(=O)=O)nn12. The molecule has 2 atom stereocenters. The van der Waals surface area contributed by atoms with Crippen LogP contribution in [0, 0.1) is 13.8 Å². The number of aryl methyl sites for hydroxylation is 2. The maximum absolute atomic E-state index is 13.7. The molecule has 4 aliphatic heterocycles. The number of carbonyl (C=O) groups excluding carboxylic acids is 3. The van der Waals surface area contributed by atoms with E-state index in [1.54, 1.807) is 37.0 Å². The van der Waals surface area contributed by atoms with Crippen molar-refractivity contribution in [3.63, 3.8) is 0 Å². The van der Waals surface area contributed by atoms with Crippen molar-refractivity contribution in [1.29, 1.82) is 0 Å². The van der Waals surface area contributed by atoms with Crippen LogP contribution in [0.25, 0.3) is 11.3 Å². The zero-order chi connectivity index (χ0) is 56.4.